The third-order valence-corrected chi connectivity index (χ3v) is 5.59. The Labute approximate surface area is 169 Å². The molecule has 0 aliphatic carbocycles. The van der Waals surface area contributed by atoms with Gasteiger partial charge in [-0.2, -0.15) is 0 Å². The summed E-state index contributed by atoms with van der Waals surface area (Å²) in [5, 5.41) is 43.8. The van der Waals surface area contributed by atoms with Crippen molar-refractivity contribution in [2.24, 2.45) is 0 Å². The number of nitrogens with one attached hydrogen (secondary N) is 1. The maximum atomic E-state index is 12.6. The van der Waals surface area contributed by atoms with Gasteiger partial charge in [0.25, 0.3) is 0 Å². The van der Waals surface area contributed by atoms with E-state index in [2.05, 4.69) is 4.98 Å². The third-order valence-electron chi connectivity index (χ3n) is 5.59. The molecule has 0 spiro atoms. The first kappa shape index (κ1) is 19.0. The van der Waals surface area contributed by atoms with Gasteiger partial charge >= 0.3 is 5.97 Å². The van der Waals surface area contributed by atoms with Gasteiger partial charge in [-0.15, -0.1) is 0 Å². The summed E-state index contributed by atoms with van der Waals surface area (Å²) in [5.74, 6) is -3.21. The zero-order chi connectivity index (χ0) is 21.0. The van der Waals surface area contributed by atoms with E-state index in [-0.39, 0.29) is 5.75 Å². The molecule has 4 atom stereocenters. The van der Waals surface area contributed by atoms with Crippen LogP contribution >= 0.6 is 0 Å². The number of esters is 1. The number of aromatic nitrogens is 1. The Kier molecular flexibility index (Phi) is 4.28. The molecular weight excluding hydrogens is 390 g/mol. The number of hydrogen-bond donors (Lipinski definition) is 5. The van der Waals surface area contributed by atoms with Gasteiger partial charge in [0.15, 0.2) is 11.9 Å². The van der Waals surface area contributed by atoms with Gasteiger partial charge in [0, 0.05) is 11.7 Å². The average molecular weight is 409 g/mol. The quantitative estimate of drug-likeness (QED) is 0.254. The molecule has 1 fully saturated rings. The van der Waals surface area contributed by atoms with Gasteiger partial charge in [-0.3, -0.25) is 0 Å². The van der Waals surface area contributed by atoms with Crippen LogP contribution < -0.4 is 4.74 Å². The number of hydrogen-bond acceptors (Lipinski definition) is 7. The largest absolute Gasteiger partial charge is 0.422 e. The molecule has 0 amide bonds. The van der Waals surface area contributed by atoms with Crippen molar-refractivity contribution < 1.29 is 34.7 Å². The topological polar surface area (TPSA) is 132 Å². The molecule has 4 unspecified atom stereocenters. The summed E-state index contributed by atoms with van der Waals surface area (Å²) < 4.78 is 10.5. The molecule has 30 heavy (non-hydrogen) atoms. The van der Waals surface area contributed by atoms with Gasteiger partial charge < -0.3 is 34.9 Å². The smallest absolute Gasteiger partial charge is 0.343 e. The average Bonchev–Trinajstić information content (AvgIpc) is 3.27. The van der Waals surface area contributed by atoms with Crippen LogP contribution in [0.15, 0.2) is 54.7 Å². The van der Waals surface area contributed by atoms with E-state index in [1.807, 2.05) is 48.5 Å². The van der Waals surface area contributed by atoms with Crippen LogP contribution in [0.2, 0.25) is 0 Å². The minimum atomic E-state index is -2.44. The fourth-order valence-corrected chi connectivity index (χ4v) is 3.97. The Hall–Kier alpha value is -3.01. The summed E-state index contributed by atoms with van der Waals surface area (Å²) in [6.07, 6.45) is -3.73. The maximum Gasteiger partial charge on any atom is 0.343 e. The highest BCUT2D eigenvalue weighted by Crippen LogP contribution is 2.36. The van der Waals surface area contributed by atoms with E-state index in [1.165, 1.54) is 6.20 Å². The van der Waals surface area contributed by atoms with Crippen LogP contribution in [-0.4, -0.2) is 62.1 Å². The molecule has 2 heterocycles. The summed E-state index contributed by atoms with van der Waals surface area (Å²) >= 11 is 0. The lowest BCUT2D eigenvalue weighted by Gasteiger charge is -2.22. The van der Waals surface area contributed by atoms with Crippen molar-refractivity contribution in [3.05, 3.63) is 54.7 Å². The SMILES string of the molecule is O=C(Oc1c[nH]c2ccc3cc4ccccc4cc3c12)C1OC(O)(CO)C(O)C1O. The van der Waals surface area contributed by atoms with Crippen LogP contribution in [0.1, 0.15) is 0 Å². The van der Waals surface area contributed by atoms with E-state index < -0.39 is 36.7 Å². The van der Waals surface area contributed by atoms with Gasteiger partial charge in [-0.1, -0.05) is 30.3 Å². The fraction of sp³-hybridized carbons (Fsp3) is 0.227. The van der Waals surface area contributed by atoms with Crippen molar-refractivity contribution in [3.63, 3.8) is 0 Å². The lowest BCUT2D eigenvalue weighted by molar-refractivity contribution is -0.246. The highest BCUT2D eigenvalue weighted by Gasteiger charge is 2.56. The number of benzene rings is 3. The first-order chi connectivity index (χ1) is 14.4. The Morgan fingerprint density at radius 3 is 2.53 bits per heavy atom. The summed E-state index contributed by atoms with van der Waals surface area (Å²) in [6, 6.07) is 15.8. The highest BCUT2D eigenvalue weighted by atomic mass is 16.7. The summed E-state index contributed by atoms with van der Waals surface area (Å²) in [5.41, 5.74) is 0.750. The number of carbonyl (C=O) groups excluding carboxylic acids is 1. The second-order valence-corrected chi connectivity index (χ2v) is 7.46. The molecule has 1 aromatic heterocycles. The lowest BCUT2D eigenvalue weighted by Crippen LogP contribution is -2.46. The van der Waals surface area contributed by atoms with Crippen LogP contribution in [0.25, 0.3) is 32.4 Å². The minimum absolute atomic E-state index is 0.223. The molecule has 1 aliphatic rings. The third kappa shape index (κ3) is 2.78. The zero-order valence-corrected chi connectivity index (χ0v) is 15.6. The number of aliphatic hydroxyl groups excluding tert-OH is 3. The van der Waals surface area contributed by atoms with E-state index >= 15 is 0 Å². The van der Waals surface area contributed by atoms with Gasteiger partial charge in [0.1, 0.15) is 12.2 Å². The monoisotopic (exact) mass is 409 g/mol. The molecule has 1 saturated heterocycles. The molecule has 0 bridgehead atoms. The number of aromatic amines is 1. The maximum absolute atomic E-state index is 12.6. The molecule has 1 aliphatic heterocycles. The first-order valence-corrected chi connectivity index (χ1v) is 9.43. The summed E-state index contributed by atoms with van der Waals surface area (Å²) in [4.78, 5) is 15.7. The van der Waals surface area contributed by atoms with Crippen molar-refractivity contribution in [2.75, 3.05) is 6.61 Å². The van der Waals surface area contributed by atoms with Crippen LogP contribution in [0.3, 0.4) is 0 Å². The molecule has 0 radical (unpaired) electrons. The van der Waals surface area contributed by atoms with E-state index in [9.17, 15) is 25.2 Å². The van der Waals surface area contributed by atoms with Crippen molar-refractivity contribution >= 4 is 38.4 Å². The van der Waals surface area contributed by atoms with Gasteiger partial charge in [0.2, 0.25) is 5.79 Å². The van der Waals surface area contributed by atoms with Crippen LogP contribution in [0.4, 0.5) is 0 Å². The predicted molar refractivity (Wildman–Crippen MR) is 108 cm³/mol. The normalized spacial score (nSPS) is 26.6. The molecule has 3 aromatic carbocycles. The zero-order valence-electron chi connectivity index (χ0n) is 15.6. The van der Waals surface area contributed by atoms with Gasteiger partial charge in [-0.05, 0) is 39.7 Å². The van der Waals surface area contributed by atoms with Crippen LogP contribution in [0, 0.1) is 0 Å². The van der Waals surface area contributed by atoms with Crippen molar-refractivity contribution in [2.45, 2.75) is 24.1 Å². The van der Waals surface area contributed by atoms with Crippen molar-refractivity contribution in [1.82, 2.24) is 4.98 Å². The molecule has 8 heteroatoms. The molecule has 154 valence electrons. The molecular formula is C22H19NO7. The Morgan fingerprint density at radius 2 is 1.83 bits per heavy atom. The van der Waals surface area contributed by atoms with E-state index in [0.29, 0.717) is 5.39 Å². The highest BCUT2D eigenvalue weighted by molar-refractivity contribution is 6.14. The second kappa shape index (κ2) is 6.76. The Bertz CT molecular complexity index is 1280. The second-order valence-electron chi connectivity index (χ2n) is 7.46. The summed E-state index contributed by atoms with van der Waals surface area (Å²) in [6.45, 7) is -0.986. The van der Waals surface area contributed by atoms with Crippen molar-refractivity contribution in [3.8, 4) is 5.75 Å². The van der Waals surface area contributed by atoms with E-state index in [0.717, 1.165) is 27.1 Å². The number of ether oxygens (including phenoxy) is 2. The van der Waals surface area contributed by atoms with Crippen LogP contribution in [0.5, 0.6) is 5.75 Å². The standard InChI is InChI=1S/C22H19NO7/c24-10-22(28)20(26)18(25)19(30-22)21(27)29-16-9-23-15-6-5-13-7-11-3-1-2-4-12(11)8-14(13)17(15)16/h1-9,18-20,23-26,28H,10H2. The molecule has 5 rings (SSSR count). The lowest BCUT2D eigenvalue weighted by atomic mass is 10.0. The van der Waals surface area contributed by atoms with E-state index in [4.69, 9.17) is 9.47 Å². The Balaban J connectivity index is 1.55. The van der Waals surface area contributed by atoms with Gasteiger partial charge in [-0.25, -0.2) is 4.79 Å². The molecule has 5 N–H and O–H groups in total. The number of carbonyl (C=O) groups is 1. The molecule has 8 nitrogen and oxygen atoms in total. The summed E-state index contributed by atoms with van der Waals surface area (Å²) in [7, 11) is 0. The Morgan fingerprint density at radius 1 is 1.10 bits per heavy atom. The minimum Gasteiger partial charge on any atom is -0.422 e. The first-order valence-electron chi connectivity index (χ1n) is 9.43. The molecule has 0 saturated carbocycles. The van der Waals surface area contributed by atoms with Gasteiger partial charge in [0.05, 0.1) is 12.0 Å². The fourth-order valence-electron chi connectivity index (χ4n) is 3.97. The number of fused-ring (bicyclic) bond motifs is 4. The number of rotatable bonds is 3. The molecule has 4 aromatic rings. The number of aliphatic hydroxyl groups is 4. The van der Waals surface area contributed by atoms with E-state index in [1.54, 1.807) is 0 Å². The van der Waals surface area contributed by atoms with Crippen LogP contribution in [-0.2, 0) is 9.53 Å². The number of H-pyrrole nitrogens is 1. The van der Waals surface area contributed by atoms with Crippen molar-refractivity contribution in [1.29, 1.82) is 0 Å². The predicted octanol–water partition coefficient (Wildman–Crippen LogP) is 1.18.